The van der Waals surface area contributed by atoms with Crippen LogP contribution in [0.3, 0.4) is 0 Å². The molecule has 2 amide bonds. The zero-order chi connectivity index (χ0) is 14.1. The van der Waals surface area contributed by atoms with Crippen LogP contribution >= 0.6 is 0 Å². The van der Waals surface area contributed by atoms with Crippen molar-refractivity contribution in [2.45, 2.75) is 6.92 Å². The lowest BCUT2D eigenvalue weighted by Crippen LogP contribution is -2.37. The van der Waals surface area contributed by atoms with E-state index in [1.807, 2.05) is 19.1 Å². The molecule has 2 N–H and O–H groups in total. The van der Waals surface area contributed by atoms with E-state index in [4.69, 9.17) is 9.57 Å². The highest BCUT2D eigenvalue weighted by molar-refractivity contribution is 5.96. The molecule has 6 nitrogen and oxygen atoms in total. The lowest BCUT2D eigenvalue weighted by molar-refractivity contribution is -0.133. The molecule has 0 aliphatic rings. The van der Waals surface area contributed by atoms with Crippen LogP contribution in [0.4, 0.5) is 0 Å². The number of amides is 2. The van der Waals surface area contributed by atoms with E-state index in [-0.39, 0.29) is 19.1 Å². The van der Waals surface area contributed by atoms with Crippen LogP contribution in [0.25, 0.3) is 0 Å². The third-order valence-corrected chi connectivity index (χ3v) is 2.30. The maximum absolute atomic E-state index is 11.7. The lowest BCUT2D eigenvalue weighted by atomic mass is 10.1. The van der Waals surface area contributed by atoms with Crippen molar-refractivity contribution >= 4 is 11.8 Å². The molecule has 0 fully saturated rings. The van der Waals surface area contributed by atoms with Gasteiger partial charge in [-0.2, -0.15) is 0 Å². The van der Waals surface area contributed by atoms with Crippen molar-refractivity contribution in [3.05, 3.63) is 35.4 Å². The maximum Gasteiger partial charge on any atom is 0.262 e. The van der Waals surface area contributed by atoms with Gasteiger partial charge in [-0.05, 0) is 19.1 Å². The normalized spacial score (nSPS) is 10.0. The van der Waals surface area contributed by atoms with Crippen molar-refractivity contribution in [3.8, 4) is 0 Å². The number of hydrogen-bond acceptors (Lipinski definition) is 4. The third kappa shape index (κ3) is 5.98. The Labute approximate surface area is 112 Å². The Morgan fingerprint density at radius 2 is 1.84 bits per heavy atom. The fourth-order valence-corrected chi connectivity index (χ4v) is 1.26. The first-order valence-corrected chi connectivity index (χ1v) is 5.88. The number of hydrogen-bond donors (Lipinski definition) is 2. The number of rotatable bonds is 7. The van der Waals surface area contributed by atoms with E-state index in [0.717, 1.165) is 5.56 Å². The number of methoxy groups -OCH3 is 1. The summed E-state index contributed by atoms with van der Waals surface area (Å²) in [5.41, 5.74) is 3.78. The van der Waals surface area contributed by atoms with E-state index in [1.54, 1.807) is 12.1 Å². The molecule has 0 aliphatic carbocycles. The Balaban J connectivity index is 2.26. The quantitative estimate of drug-likeness (QED) is 0.554. The molecule has 0 bridgehead atoms. The van der Waals surface area contributed by atoms with Crippen LogP contribution in [0, 0.1) is 6.92 Å². The fraction of sp³-hybridized carbons (Fsp3) is 0.385. The highest BCUT2D eigenvalue weighted by Gasteiger charge is 2.07. The summed E-state index contributed by atoms with van der Waals surface area (Å²) in [6, 6.07) is 7.08. The SMILES string of the molecule is COCCONC(=O)CNC(=O)c1ccc(C)cc1. The summed E-state index contributed by atoms with van der Waals surface area (Å²) in [6.07, 6.45) is 0. The summed E-state index contributed by atoms with van der Waals surface area (Å²) in [5, 5.41) is 2.50. The van der Waals surface area contributed by atoms with E-state index >= 15 is 0 Å². The van der Waals surface area contributed by atoms with Crippen molar-refractivity contribution in [2.24, 2.45) is 0 Å². The molecule has 0 unspecified atom stereocenters. The zero-order valence-corrected chi connectivity index (χ0v) is 11.1. The van der Waals surface area contributed by atoms with Crippen LogP contribution in [-0.4, -0.2) is 38.7 Å². The molecule has 1 aromatic rings. The first kappa shape index (κ1) is 15.1. The van der Waals surface area contributed by atoms with E-state index in [9.17, 15) is 9.59 Å². The summed E-state index contributed by atoms with van der Waals surface area (Å²) in [5.74, 6) is -0.719. The van der Waals surface area contributed by atoms with Gasteiger partial charge in [-0.3, -0.25) is 14.4 Å². The molecule has 0 atom stereocenters. The molecule has 104 valence electrons. The van der Waals surface area contributed by atoms with E-state index < -0.39 is 5.91 Å². The molecule has 6 heteroatoms. The van der Waals surface area contributed by atoms with Crippen molar-refractivity contribution < 1.29 is 19.2 Å². The van der Waals surface area contributed by atoms with Crippen molar-refractivity contribution in [3.63, 3.8) is 0 Å². The molecule has 0 aliphatic heterocycles. The van der Waals surface area contributed by atoms with Gasteiger partial charge in [0.2, 0.25) is 0 Å². The molecular formula is C13H18N2O4. The van der Waals surface area contributed by atoms with Crippen LogP contribution in [0.1, 0.15) is 15.9 Å². The van der Waals surface area contributed by atoms with Gasteiger partial charge < -0.3 is 10.1 Å². The lowest BCUT2D eigenvalue weighted by Gasteiger charge is -2.07. The summed E-state index contributed by atoms with van der Waals surface area (Å²) in [4.78, 5) is 27.8. The van der Waals surface area contributed by atoms with Gasteiger partial charge in [-0.25, -0.2) is 5.48 Å². The first-order valence-electron chi connectivity index (χ1n) is 5.88. The molecule has 0 radical (unpaired) electrons. The van der Waals surface area contributed by atoms with Gasteiger partial charge in [0.1, 0.15) is 0 Å². The van der Waals surface area contributed by atoms with Crippen LogP contribution in [0.2, 0.25) is 0 Å². The van der Waals surface area contributed by atoms with Gasteiger partial charge in [-0.1, -0.05) is 17.7 Å². The Morgan fingerprint density at radius 3 is 2.47 bits per heavy atom. The summed E-state index contributed by atoms with van der Waals surface area (Å²) in [7, 11) is 1.53. The largest absolute Gasteiger partial charge is 0.382 e. The molecule has 0 aromatic heterocycles. The van der Waals surface area contributed by atoms with Crippen LogP contribution < -0.4 is 10.8 Å². The zero-order valence-electron chi connectivity index (χ0n) is 11.1. The minimum atomic E-state index is -0.420. The van der Waals surface area contributed by atoms with Gasteiger partial charge >= 0.3 is 0 Å². The molecule has 1 rings (SSSR count). The number of ether oxygens (including phenoxy) is 1. The Hall–Kier alpha value is -1.92. The minimum absolute atomic E-state index is 0.139. The van der Waals surface area contributed by atoms with Gasteiger partial charge in [0, 0.05) is 12.7 Å². The summed E-state index contributed by atoms with van der Waals surface area (Å²) in [6.45, 7) is 2.44. The molecule has 1 aromatic carbocycles. The number of hydroxylamine groups is 1. The van der Waals surface area contributed by atoms with Gasteiger partial charge in [0.15, 0.2) is 0 Å². The minimum Gasteiger partial charge on any atom is -0.382 e. The molecule has 0 heterocycles. The van der Waals surface area contributed by atoms with E-state index in [1.165, 1.54) is 7.11 Å². The summed E-state index contributed by atoms with van der Waals surface area (Å²) < 4.78 is 4.74. The average Bonchev–Trinajstić information content (AvgIpc) is 2.42. The molecular weight excluding hydrogens is 248 g/mol. The van der Waals surface area contributed by atoms with E-state index in [2.05, 4.69) is 10.8 Å². The maximum atomic E-state index is 11.7. The molecule has 19 heavy (non-hydrogen) atoms. The van der Waals surface area contributed by atoms with Crippen LogP contribution in [-0.2, 0) is 14.4 Å². The Bertz CT molecular complexity index is 417. The first-order chi connectivity index (χ1) is 9.13. The average molecular weight is 266 g/mol. The third-order valence-electron chi connectivity index (χ3n) is 2.30. The number of carbonyl (C=O) groups is 2. The second-order valence-corrected chi connectivity index (χ2v) is 3.92. The highest BCUT2D eigenvalue weighted by Crippen LogP contribution is 2.02. The Kier molecular flexibility index (Phi) is 6.56. The smallest absolute Gasteiger partial charge is 0.262 e. The second-order valence-electron chi connectivity index (χ2n) is 3.92. The standard InChI is InChI=1S/C13H18N2O4/c1-10-3-5-11(6-4-10)13(17)14-9-12(16)15-19-8-7-18-2/h3-6H,7-9H2,1-2H3,(H,14,17)(H,15,16). The van der Waals surface area contributed by atoms with Crippen molar-refractivity contribution in [1.29, 1.82) is 0 Å². The Morgan fingerprint density at radius 1 is 1.16 bits per heavy atom. The monoisotopic (exact) mass is 266 g/mol. The number of aryl methyl sites for hydroxylation is 1. The molecule has 0 spiro atoms. The van der Waals surface area contributed by atoms with E-state index in [0.29, 0.717) is 12.2 Å². The van der Waals surface area contributed by atoms with Gasteiger partial charge in [-0.15, -0.1) is 0 Å². The summed E-state index contributed by atoms with van der Waals surface area (Å²) >= 11 is 0. The molecule has 0 saturated heterocycles. The topological polar surface area (TPSA) is 76.7 Å². The van der Waals surface area contributed by atoms with Crippen LogP contribution in [0.15, 0.2) is 24.3 Å². The predicted molar refractivity (Wildman–Crippen MR) is 69.5 cm³/mol. The van der Waals surface area contributed by atoms with Crippen molar-refractivity contribution in [1.82, 2.24) is 10.8 Å². The van der Waals surface area contributed by atoms with Gasteiger partial charge in [0.05, 0.1) is 19.8 Å². The number of carbonyl (C=O) groups excluding carboxylic acids is 2. The highest BCUT2D eigenvalue weighted by atomic mass is 16.7. The van der Waals surface area contributed by atoms with Crippen LogP contribution in [0.5, 0.6) is 0 Å². The van der Waals surface area contributed by atoms with Gasteiger partial charge in [0.25, 0.3) is 11.8 Å². The fourth-order valence-electron chi connectivity index (χ4n) is 1.26. The predicted octanol–water partition coefficient (Wildman–Crippen LogP) is 0.419. The second kappa shape index (κ2) is 8.23. The number of benzene rings is 1. The van der Waals surface area contributed by atoms with Crippen molar-refractivity contribution in [2.75, 3.05) is 26.9 Å². The number of nitrogens with one attached hydrogen (secondary N) is 2. The molecule has 0 saturated carbocycles.